The van der Waals surface area contributed by atoms with Crippen LogP contribution in [0.1, 0.15) is 42.3 Å². The van der Waals surface area contributed by atoms with Crippen LogP contribution >= 0.6 is 0 Å². The van der Waals surface area contributed by atoms with Crippen LogP contribution < -0.4 is 10.6 Å². The highest BCUT2D eigenvalue weighted by atomic mass is 16.2. The molecule has 0 saturated carbocycles. The number of aromatic nitrogens is 4. The second-order valence-corrected chi connectivity index (χ2v) is 5.33. The highest BCUT2D eigenvalue weighted by Gasteiger charge is 2.14. The van der Waals surface area contributed by atoms with Gasteiger partial charge in [0.25, 0.3) is 0 Å². The maximum absolute atomic E-state index is 12.0. The number of nitrogens with zero attached hydrogens (tertiary/aromatic N) is 4. The van der Waals surface area contributed by atoms with E-state index in [1.54, 1.807) is 12.3 Å². The van der Waals surface area contributed by atoms with E-state index in [0.717, 1.165) is 35.5 Å². The van der Waals surface area contributed by atoms with Crippen molar-refractivity contribution in [3.63, 3.8) is 0 Å². The quantitative estimate of drug-likeness (QED) is 0.848. The number of amides is 2. The first-order valence-electron chi connectivity index (χ1n) is 7.89. The number of carbonyl (C=O) groups is 1. The maximum Gasteiger partial charge on any atom is 0.315 e. The van der Waals surface area contributed by atoms with E-state index < -0.39 is 0 Å². The van der Waals surface area contributed by atoms with Crippen molar-refractivity contribution >= 4 is 6.03 Å². The summed E-state index contributed by atoms with van der Waals surface area (Å²) in [6.45, 7) is 6.85. The van der Waals surface area contributed by atoms with Crippen molar-refractivity contribution in [2.75, 3.05) is 0 Å². The molecule has 0 radical (unpaired) electrons. The largest absolute Gasteiger partial charge is 0.334 e. The van der Waals surface area contributed by atoms with E-state index in [-0.39, 0.29) is 6.03 Å². The van der Waals surface area contributed by atoms with Crippen LogP contribution in [0.3, 0.4) is 0 Å². The second-order valence-electron chi connectivity index (χ2n) is 5.33. The summed E-state index contributed by atoms with van der Waals surface area (Å²) in [7, 11) is 1.94. The Balaban J connectivity index is 1.92. The monoisotopic (exact) mass is 316 g/mol. The Hall–Kier alpha value is -2.44. The van der Waals surface area contributed by atoms with Gasteiger partial charge in [-0.05, 0) is 25.8 Å². The van der Waals surface area contributed by atoms with Gasteiger partial charge >= 0.3 is 6.03 Å². The highest BCUT2D eigenvalue weighted by Crippen LogP contribution is 2.15. The Kier molecular flexibility index (Phi) is 5.67. The Labute approximate surface area is 136 Å². The minimum absolute atomic E-state index is 0.214. The SMILES string of the molecule is CCc1nn(C)c(CC)c1CNC(=O)NCc1ccnc(C)n1. The van der Waals surface area contributed by atoms with Gasteiger partial charge in [0.15, 0.2) is 0 Å². The van der Waals surface area contributed by atoms with Crippen molar-refractivity contribution in [1.29, 1.82) is 0 Å². The van der Waals surface area contributed by atoms with Crippen LogP contribution in [0.4, 0.5) is 4.79 Å². The van der Waals surface area contributed by atoms with E-state index in [1.807, 2.05) is 18.7 Å². The third-order valence-electron chi connectivity index (χ3n) is 3.72. The molecule has 0 fully saturated rings. The van der Waals surface area contributed by atoms with Gasteiger partial charge in [-0.2, -0.15) is 5.10 Å². The van der Waals surface area contributed by atoms with Crippen molar-refractivity contribution < 1.29 is 4.79 Å². The molecule has 2 heterocycles. The zero-order valence-corrected chi connectivity index (χ0v) is 14.2. The molecule has 124 valence electrons. The molecule has 0 atom stereocenters. The van der Waals surface area contributed by atoms with Crippen LogP contribution in [0.15, 0.2) is 12.3 Å². The topological polar surface area (TPSA) is 84.7 Å². The van der Waals surface area contributed by atoms with Crippen LogP contribution in [-0.4, -0.2) is 25.8 Å². The van der Waals surface area contributed by atoms with E-state index in [2.05, 4.69) is 39.5 Å². The Morgan fingerprint density at radius 1 is 1.22 bits per heavy atom. The fraction of sp³-hybridized carbons (Fsp3) is 0.500. The first-order chi connectivity index (χ1) is 11.0. The minimum Gasteiger partial charge on any atom is -0.334 e. The van der Waals surface area contributed by atoms with Crippen LogP contribution in [0.25, 0.3) is 0 Å². The van der Waals surface area contributed by atoms with E-state index >= 15 is 0 Å². The van der Waals surface area contributed by atoms with Crippen molar-refractivity contribution in [3.05, 3.63) is 40.7 Å². The average molecular weight is 316 g/mol. The summed E-state index contributed by atoms with van der Waals surface area (Å²) in [5.41, 5.74) is 4.10. The number of carbonyl (C=O) groups excluding carboxylic acids is 1. The molecule has 0 saturated heterocycles. The summed E-state index contributed by atoms with van der Waals surface area (Å²) >= 11 is 0. The number of rotatable bonds is 6. The normalized spacial score (nSPS) is 10.6. The highest BCUT2D eigenvalue weighted by molar-refractivity contribution is 5.73. The summed E-state index contributed by atoms with van der Waals surface area (Å²) in [6, 6.07) is 1.58. The van der Waals surface area contributed by atoms with Crippen molar-refractivity contribution in [1.82, 2.24) is 30.4 Å². The fourth-order valence-corrected chi connectivity index (χ4v) is 2.60. The molecular formula is C16H24N6O. The lowest BCUT2D eigenvalue weighted by atomic mass is 10.1. The lowest BCUT2D eigenvalue weighted by Gasteiger charge is -2.09. The molecule has 0 spiro atoms. The first-order valence-corrected chi connectivity index (χ1v) is 7.89. The zero-order valence-electron chi connectivity index (χ0n) is 14.2. The summed E-state index contributed by atoms with van der Waals surface area (Å²) in [5, 5.41) is 10.2. The minimum atomic E-state index is -0.214. The van der Waals surface area contributed by atoms with Crippen LogP contribution in [0, 0.1) is 6.92 Å². The van der Waals surface area contributed by atoms with Crippen molar-refractivity contribution in [2.24, 2.45) is 7.05 Å². The number of aryl methyl sites for hydroxylation is 3. The van der Waals surface area contributed by atoms with Gasteiger partial charge in [0, 0.05) is 31.0 Å². The molecule has 23 heavy (non-hydrogen) atoms. The van der Waals surface area contributed by atoms with Gasteiger partial charge < -0.3 is 10.6 Å². The van der Waals surface area contributed by atoms with E-state index in [4.69, 9.17) is 0 Å². The molecule has 7 nitrogen and oxygen atoms in total. The summed E-state index contributed by atoms with van der Waals surface area (Å²) < 4.78 is 1.90. The number of hydrogen-bond acceptors (Lipinski definition) is 4. The van der Waals surface area contributed by atoms with Gasteiger partial charge in [-0.25, -0.2) is 14.8 Å². The van der Waals surface area contributed by atoms with Gasteiger partial charge in [-0.15, -0.1) is 0 Å². The lowest BCUT2D eigenvalue weighted by Crippen LogP contribution is -2.35. The molecule has 0 unspecified atom stereocenters. The molecule has 0 aromatic carbocycles. The van der Waals surface area contributed by atoms with Crippen LogP contribution in [-0.2, 0) is 33.0 Å². The van der Waals surface area contributed by atoms with E-state index in [1.165, 1.54) is 0 Å². The van der Waals surface area contributed by atoms with Gasteiger partial charge in [-0.3, -0.25) is 4.68 Å². The predicted molar refractivity (Wildman–Crippen MR) is 87.8 cm³/mol. The molecule has 2 aromatic heterocycles. The number of urea groups is 1. The molecule has 2 aromatic rings. The van der Waals surface area contributed by atoms with Gasteiger partial charge in [0.05, 0.1) is 17.9 Å². The molecule has 0 aliphatic rings. The molecule has 7 heteroatoms. The third-order valence-corrected chi connectivity index (χ3v) is 3.72. The standard InChI is InChI=1S/C16H24N6O/c1-5-14-13(15(6-2)22(4)21-14)10-19-16(23)18-9-12-7-8-17-11(3)20-12/h7-8H,5-6,9-10H2,1-4H3,(H2,18,19,23). The molecule has 0 aliphatic carbocycles. The maximum atomic E-state index is 12.0. The van der Waals surface area contributed by atoms with Gasteiger partial charge in [-0.1, -0.05) is 13.8 Å². The first kappa shape index (κ1) is 16.9. The van der Waals surface area contributed by atoms with Crippen molar-refractivity contribution in [2.45, 2.75) is 46.7 Å². The third kappa shape index (κ3) is 4.28. The molecular weight excluding hydrogens is 292 g/mol. The summed E-state index contributed by atoms with van der Waals surface area (Å²) in [4.78, 5) is 20.3. The molecule has 0 bridgehead atoms. The summed E-state index contributed by atoms with van der Waals surface area (Å²) in [5.74, 6) is 0.695. The number of nitrogens with one attached hydrogen (secondary N) is 2. The zero-order chi connectivity index (χ0) is 16.8. The Bertz CT molecular complexity index is 679. The van der Waals surface area contributed by atoms with E-state index in [0.29, 0.717) is 18.9 Å². The van der Waals surface area contributed by atoms with Crippen LogP contribution in [0.5, 0.6) is 0 Å². The fourth-order valence-electron chi connectivity index (χ4n) is 2.60. The number of hydrogen-bond donors (Lipinski definition) is 2. The Morgan fingerprint density at radius 3 is 2.61 bits per heavy atom. The summed E-state index contributed by atoms with van der Waals surface area (Å²) in [6.07, 6.45) is 3.43. The predicted octanol–water partition coefficient (Wildman–Crippen LogP) is 1.64. The van der Waals surface area contributed by atoms with Crippen LogP contribution in [0.2, 0.25) is 0 Å². The van der Waals surface area contributed by atoms with E-state index in [9.17, 15) is 4.79 Å². The smallest absolute Gasteiger partial charge is 0.315 e. The second kappa shape index (κ2) is 7.71. The van der Waals surface area contributed by atoms with Gasteiger partial charge in [0.1, 0.15) is 5.82 Å². The molecule has 2 rings (SSSR count). The molecule has 2 amide bonds. The molecule has 0 aliphatic heterocycles. The molecule has 2 N–H and O–H groups in total. The lowest BCUT2D eigenvalue weighted by molar-refractivity contribution is 0.240. The average Bonchev–Trinajstić information content (AvgIpc) is 2.85. The van der Waals surface area contributed by atoms with Gasteiger partial charge in [0.2, 0.25) is 0 Å². The van der Waals surface area contributed by atoms with Crippen molar-refractivity contribution in [3.8, 4) is 0 Å². The Morgan fingerprint density at radius 2 is 1.96 bits per heavy atom.